The van der Waals surface area contributed by atoms with Crippen LogP contribution >= 0.6 is 0 Å². The molecule has 0 saturated carbocycles. The van der Waals surface area contributed by atoms with Gasteiger partial charge in [-0.15, -0.1) is 0 Å². The lowest BCUT2D eigenvalue weighted by Crippen LogP contribution is -2.66. The summed E-state index contributed by atoms with van der Waals surface area (Å²) in [6, 6.07) is 5.73. The fourth-order valence-corrected chi connectivity index (χ4v) is 6.80. The predicted octanol–water partition coefficient (Wildman–Crippen LogP) is 0.568. The van der Waals surface area contributed by atoms with E-state index >= 15 is 0 Å². The van der Waals surface area contributed by atoms with E-state index in [1.54, 1.807) is 7.11 Å². The highest BCUT2D eigenvalue weighted by Crippen LogP contribution is 2.46. The molecule has 0 bridgehead atoms. The molecule has 188 valence electrons. The van der Waals surface area contributed by atoms with E-state index in [9.17, 15) is 14.4 Å². The third-order valence-electron chi connectivity index (χ3n) is 8.86. The van der Waals surface area contributed by atoms with Crippen molar-refractivity contribution in [3.63, 3.8) is 0 Å². The van der Waals surface area contributed by atoms with Gasteiger partial charge in [-0.05, 0) is 69.0 Å². The third-order valence-corrected chi connectivity index (χ3v) is 8.86. The normalized spacial score (nSPS) is 32.5. The molecule has 9 nitrogen and oxygen atoms in total. The van der Waals surface area contributed by atoms with Crippen LogP contribution in [0.1, 0.15) is 41.6 Å². The van der Waals surface area contributed by atoms with Crippen LogP contribution in [0.5, 0.6) is 5.75 Å². The van der Waals surface area contributed by atoms with Gasteiger partial charge in [-0.2, -0.15) is 0 Å². The van der Waals surface area contributed by atoms with Crippen molar-refractivity contribution in [2.45, 2.75) is 50.4 Å². The summed E-state index contributed by atoms with van der Waals surface area (Å²) in [4.78, 5) is 43.2. The number of ether oxygens (including phenoxy) is 2. The van der Waals surface area contributed by atoms with Crippen molar-refractivity contribution >= 4 is 17.6 Å². The van der Waals surface area contributed by atoms with E-state index in [0.29, 0.717) is 26.3 Å². The average molecular weight is 483 g/mol. The van der Waals surface area contributed by atoms with Gasteiger partial charge in [0.1, 0.15) is 5.75 Å². The molecule has 1 aromatic carbocycles. The molecule has 4 saturated heterocycles. The maximum Gasteiger partial charge on any atom is 0.240 e. The summed E-state index contributed by atoms with van der Waals surface area (Å²) in [6.45, 7) is 3.81. The highest BCUT2D eigenvalue weighted by Gasteiger charge is 2.49. The van der Waals surface area contributed by atoms with Crippen molar-refractivity contribution in [2.75, 3.05) is 46.5 Å². The minimum Gasteiger partial charge on any atom is -0.497 e. The Morgan fingerprint density at radius 1 is 1.14 bits per heavy atom. The molecule has 1 aromatic rings. The van der Waals surface area contributed by atoms with Crippen molar-refractivity contribution in [3.05, 3.63) is 29.3 Å². The lowest BCUT2D eigenvalue weighted by Gasteiger charge is -2.41. The minimum absolute atomic E-state index is 0.0165. The van der Waals surface area contributed by atoms with Crippen LogP contribution in [0.2, 0.25) is 0 Å². The molecule has 9 heteroatoms. The maximum atomic E-state index is 13.3. The van der Waals surface area contributed by atoms with Crippen LogP contribution in [-0.4, -0.2) is 92.1 Å². The molecular formula is C26H34N4O5. The van der Waals surface area contributed by atoms with Crippen LogP contribution in [0.15, 0.2) is 18.2 Å². The van der Waals surface area contributed by atoms with E-state index in [1.165, 1.54) is 0 Å². The van der Waals surface area contributed by atoms with Gasteiger partial charge in [0, 0.05) is 30.2 Å². The van der Waals surface area contributed by atoms with E-state index in [4.69, 9.17) is 9.47 Å². The number of hydrogen-bond acceptors (Lipinski definition) is 7. The largest absolute Gasteiger partial charge is 0.497 e. The summed E-state index contributed by atoms with van der Waals surface area (Å²) in [6.07, 6.45) is 3.70. The number of Topliss-reactive ketones (excluding diaryl/α,β-unsaturated/α-hetero) is 1. The number of ketones is 1. The van der Waals surface area contributed by atoms with Crippen LogP contribution in [0.4, 0.5) is 0 Å². The van der Waals surface area contributed by atoms with E-state index in [1.807, 2.05) is 23.1 Å². The molecular weight excluding hydrogens is 448 g/mol. The molecule has 0 aromatic heterocycles. The zero-order valence-corrected chi connectivity index (χ0v) is 20.3. The molecule has 1 spiro atoms. The Hall–Kier alpha value is -2.49. The Morgan fingerprint density at radius 3 is 2.77 bits per heavy atom. The number of piperidine rings is 1. The lowest BCUT2D eigenvalue weighted by molar-refractivity contribution is -0.138. The summed E-state index contributed by atoms with van der Waals surface area (Å²) < 4.78 is 10.8. The standard InChI is InChI=1S/C26H34N4O5/c1-34-17-2-3-18-16(12-17)13-26(23(18)31)6-9-29(10-7-26)21-4-8-30(25(21)33)14-22-27-20-5-11-35-15-19(20)24(32)28-22/h2-3,12,19-22,27H,4-11,13-15H2,1H3,(H,28,32). The minimum atomic E-state index is -0.344. The number of nitrogens with zero attached hydrogens (tertiary/aromatic N) is 2. The second kappa shape index (κ2) is 8.87. The highest BCUT2D eigenvalue weighted by molar-refractivity contribution is 6.05. The Labute approximate surface area is 205 Å². The maximum absolute atomic E-state index is 13.3. The zero-order chi connectivity index (χ0) is 24.2. The van der Waals surface area contributed by atoms with Gasteiger partial charge in [-0.3, -0.25) is 24.6 Å². The molecule has 4 unspecified atom stereocenters. The average Bonchev–Trinajstić information content (AvgIpc) is 3.36. The number of rotatable bonds is 4. The van der Waals surface area contributed by atoms with Crippen LogP contribution in [-0.2, 0) is 20.7 Å². The molecule has 4 heterocycles. The van der Waals surface area contributed by atoms with Gasteiger partial charge in [0.2, 0.25) is 11.8 Å². The number of likely N-dealkylation sites (tertiary alicyclic amines) is 2. The third kappa shape index (κ3) is 3.93. The first-order valence-corrected chi connectivity index (χ1v) is 12.9. The van der Waals surface area contributed by atoms with Crippen molar-refractivity contribution in [2.24, 2.45) is 11.3 Å². The van der Waals surface area contributed by atoms with Crippen LogP contribution in [0.25, 0.3) is 0 Å². The Bertz CT molecular complexity index is 1040. The first-order valence-electron chi connectivity index (χ1n) is 12.9. The summed E-state index contributed by atoms with van der Waals surface area (Å²) >= 11 is 0. The van der Waals surface area contributed by atoms with Gasteiger partial charge in [0.25, 0.3) is 0 Å². The number of methoxy groups -OCH3 is 1. The summed E-state index contributed by atoms with van der Waals surface area (Å²) in [5.41, 5.74) is 1.57. The quantitative estimate of drug-likeness (QED) is 0.647. The number of carbonyl (C=O) groups excluding carboxylic acids is 3. The smallest absolute Gasteiger partial charge is 0.240 e. The van der Waals surface area contributed by atoms with Crippen molar-refractivity contribution in [1.82, 2.24) is 20.4 Å². The SMILES string of the molecule is COc1ccc2c(c1)CC1(CCN(C3CCN(CC4NC(=O)C5COCCC5N4)C3=O)CC1)C2=O. The van der Waals surface area contributed by atoms with E-state index in [2.05, 4.69) is 15.5 Å². The molecule has 2 amide bonds. The number of benzene rings is 1. The van der Waals surface area contributed by atoms with Crippen LogP contribution in [0.3, 0.4) is 0 Å². The Morgan fingerprint density at radius 2 is 1.97 bits per heavy atom. The number of hydrogen-bond donors (Lipinski definition) is 2. The lowest BCUT2D eigenvalue weighted by atomic mass is 9.75. The monoisotopic (exact) mass is 482 g/mol. The molecule has 1 aliphatic carbocycles. The van der Waals surface area contributed by atoms with Gasteiger partial charge < -0.3 is 19.7 Å². The molecule has 6 rings (SSSR count). The van der Waals surface area contributed by atoms with Gasteiger partial charge in [0.05, 0.1) is 38.4 Å². The van der Waals surface area contributed by atoms with Crippen molar-refractivity contribution in [1.29, 1.82) is 0 Å². The molecule has 4 atom stereocenters. The highest BCUT2D eigenvalue weighted by atomic mass is 16.5. The topological polar surface area (TPSA) is 100 Å². The molecule has 2 N–H and O–H groups in total. The molecule has 4 aliphatic heterocycles. The molecule has 4 fully saturated rings. The van der Waals surface area contributed by atoms with Gasteiger partial charge in [0.15, 0.2) is 5.78 Å². The number of amides is 2. The summed E-state index contributed by atoms with van der Waals surface area (Å²) in [5.74, 6) is 1.05. The molecule has 35 heavy (non-hydrogen) atoms. The summed E-state index contributed by atoms with van der Waals surface area (Å²) in [7, 11) is 1.65. The Kier molecular flexibility index (Phi) is 5.81. The molecule has 5 aliphatic rings. The molecule has 0 radical (unpaired) electrons. The van der Waals surface area contributed by atoms with Gasteiger partial charge in [-0.1, -0.05) is 0 Å². The van der Waals surface area contributed by atoms with E-state index in [0.717, 1.165) is 62.1 Å². The van der Waals surface area contributed by atoms with Crippen LogP contribution < -0.4 is 15.4 Å². The Balaban J connectivity index is 1.05. The number of carbonyl (C=O) groups is 3. The predicted molar refractivity (Wildman–Crippen MR) is 127 cm³/mol. The van der Waals surface area contributed by atoms with Gasteiger partial charge in [-0.25, -0.2) is 0 Å². The van der Waals surface area contributed by atoms with E-state index < -0.39 is 0 Å². The fraction of sp³-hybridized carbons (Fsp3) is 0.654. The van der Waals surface area contributed by atoms with Crippen LogP contribution in [0, 0.1) is 11.3 Å². The van der Waals surface area contributed by atoms with Crippen molar-refractivity contribution in [3.8, 4) is 5.75 Å². The van der Waals surface area contributed by atoms with Crippen molar-refractivity contribution < 1.29 is 23.9 Å². The second-order valence-electron chi connectivity index (χ2n) is 10.7. The van der Waals surface area contributed by atoms with E-state index in [-0.39, 0.29) is 47.2 Å². The summed E-state index contributed by atoms with van der Waals surface area (Å²) in [5, 5.41) is 6.54. The number of nitrogens with one attached hydrogen (secondary N) is 2. The first kappa shape index (κ1) is 22.9. The zero-order valence-electron chi connectivity index (χ0n) is 20.3. The first-order chi connectivity index (χ1) is 17.0. The fourth-order valence-electron chi connectivity index (χ4n) is 6.80. The number of fused-ring (bicyclic) bond motifs is 2. The van der Waals surface area contributed by atoms with Gasteiger partial charge >= 0.3 is 0 Å². The second-order valence-corrected chi connectivity index (χ2v) is 10.7.